The van der Waals surface area contributed by atoms with E-state index in [9.17, 15) is 18.6 Å². The highest BCUT2D eigenvalue weighted by Gasteiger charge is 2.36. The number of aliphatic hydroxyl groups is 2. The molecule has 0 aliphatic carbocycles. The van der Waals surface area contributed by atoms with E-state index in [0.29, 0.717) is 11.4 Å². The Morgan fingerprint density at radius 2 is 1.95 bits per heavy atom. The van der Waals surface area contributed by atoms with Crippen LogP contribution in [0, 0.1) is 0 Å². The third-order valence-electron chi connectivity index (χ3n) is 3.09. The maximum Gasteiger partial charge on any atom is 0.215 e. The largest absolute Gasteiger partial charge is 0.399 e. The zero-order valence-electron chi connectivity index (χ0n) is 10.8. The van der Waals surface area contributed by atoms with Gasteiger partial charge in [-0.3, -0.25) is 0 Å². The van der Waals surface area contributed by atoms with Gasteiger partial charge in [0.2, 0.25) is 10.0 Å². The second-order valence-electron chi connectivity index (χ2n) is 4.69. The molecule has 1 heterocycles. The van der Waals surface area contributed by atoms with Crippen LogP contribution in [0.2, 0.25) is 0 Å². The normalized spacial score (nSPS) is 24.1. The Bertz CT molecular complexity index is 554. The second-order valence-corrected chi connectivity index (χ2v) is 7.95. The van der Waals surface area contributed by atoms with E-state index in [0.717, 1.165) is 9.20 Å². The van der Waals surface area contributed by atoms with E-state index in [1.54, 1.807) is 12.1 Å². The third-order valence-corrected chi connectivity index (χ3v) is 6.15. The fourth-order valence-corrected chi connectivity index (χ4v) is 4.78. The molecule has 0 aromatic heterocycles. The Kier molecular flexibility index (Phi) is 4.92. The van der Waals surface area contributed by atoms with Crippen LogP contribution < -0.4 is 5.73 Å². The summed E-state index contributed by atoms with van der Waals surface area (Å²) in [5, 5.41) is 18.8. The van der Waals surface area contributed by atoms with Gasteiger partial charge in [-0.25, -0.2) is 8.42 Å². The van der Waals surface area contributed by atoms with Crippen molar-refractivity contribution in [3.63, 3.8) is 0 Å². The number of benzene rings is 1. The van der Waals surface area contributed by atoms with E-state index >= 15 is 0 Å². The summed E-state index contributed by atoms with van der Waals surface area (Å²) in [5.41, 5.74) is 6.29. The minimum absolute atomic E-state index is 0.0353. The van der Waals surface area contributed by atoms with Crippen LogP contribution in [0.4, 0.5) is 5.69 Å². The van der Waals surface area contributed by atoms with Crippen molar-refractivity contribution >= 4 is 27.5 Å². The monoisotopic (exact) mass is 318 g/mol. The molecular weight excluding hydrogens is 300 g/mol. The van der Waals surface area contributed by atoms with Crippen molar-refractivity contribution in [3.05, 3.63) is 24.3 Å². The topological polar surface area (TPSA) is 104 Å². The van der Waals surface area contributed by atoms with Crippen LogP contribution in [0.3, 0.4) is 0 Å². The van der Waals surface area contributed by atoms with Crippen LogP contribution in [0.15, 0.2) is 29.2 Å². The molecule has 0 spiro atoms. The maximum absolute atomic E-state index is 12.0. The molecule has 0 saturated carbocycles. The molecule has 4 N–H and O–H groups in total. The van der Waals surface area contributed by atoms with Crippen molar-refractivity contribution in [2.24, 2.45) is 0 Å². The van der Waals surface area contributed by atoms with Gasteiger partial charge in [0.1, 0.15) is 0 Å². The van der Waals surface area contributed by atoms with E-state index < -0.39 is 22.2 Å². The average Bonchev–Trinajstić information content (AvgIpc) is 2.70. The number of anilines is 1. The van der Waals surface area contributed by atoms with Crippen LogP contribution >= 0.6 is 11.8 Å². The standard InChI is InChI=1S/C12H18N2O4S2/c13-9-2-1-3-10(6-9)19-4-5-20(17,18)14-7-11(15)12(16)8-14/h1-3,6,11-12,15-16H,4-5,7-8,13H2/t11-,12+. The minimum Gasteiger partial charge on any atom is -0.399 e. The molecule has 0 bridgehead atoms. The smallest absolute Gasteiger partial charge is 0.215 e. The lowest BCUT2D eigenvalue weighted by atomic mass is 10.3. The lowest BCUT2D eigenvalue weighted by molar-refractivity contribution is 0.0572. The molecule has 1 aliphatic heterocycles. The molecule has 1 saturated heterocycles. The first kappa shape index (κ1) is 15.6. The van der Waals surface area contributed by atoms with Crippen molar-refractivity contribution in [1.82, 2.24) is 4.31 Å². The predicted octanol–water partition coefficient (Wildman–Crippen LogP) is -0.272. The molecule has 2 rings (SSSR count). The number of nitrogens with two attached hydrogens (primary N) is 1. The number of thioether (sulfide) groups is 1. The quantitative estimate of drug-likeness (QED) is 0.510. The zero-order valence-corrected chi connectivity index (χ0v) is 12.5. The highest BCUT2D eigenvalue weighted by Crippen LogP contribution is 2.22. The molecule has 6 nitrogen and oxygen atoms in total. The summed E-state index contributed by atoms with van der Waals surface area (Å²) in [6.07, 6.45) is -1.99. The number of hydrogen-bond acceptors (Lipinski definition) is 6. The Morgan fingerprint density at radius 3 is 2.55 bits per heavy atom. The number of nitrogens with zero attached hydrogens (tertiary/aromatic N) is 1. The highest BCUT2D eigenvalue weighted by molar-refractivity contribution is 8.00. The molecule has 1 aromatic carbocycles. The maximum atomic E-state index is 12.0. The molecule has 0 unspecified atom stereocenters. The van der Waals surface area contributed by atoms with Crippen molar-refractivity contribution < 1.29 is 18.6 Å². The summed E-state index contributed by atoms with van der Waals surface area (Å²) >= 11 is 1.41. The van der Waals surface area contributed by atoms with Crippen LogP contribution in [-0.2, 0) is 10.0 Å². The summed E-state index contributed by atoms with van der Waals surface area (Å²) < 4.78 is 25.2. The van der Waals surface area contributed by atoms with Gasteiger partial charge in [-0.05, 0) is 18.2 Å². The van der Waals surface area contributed by atoms with Crippen molar-refractivity contribution in [2.75, 3.05) is 30.3 Å². The summed E-state index contributed by atoms with van der Waals surface area (Å²) in [4.78, 5) is 0.918. The van der Waals surface area contributed by atoms with Gasteiger partial charge in [-0.2, -0.15) is 4.31 Å². The molecule has 0 amide bonds. The van der Waals surface area contributed by atoms with Gasteiger partial charge >= 0.3 is 0 Å². The summed E-state index contributed by atoms with van der Waals surface area (Å²) in [6.45, 7) is -0.0705. The zero-order chi connectivity index (χ0) is 14.8. The van der Waals surface area contributed by atoms with Crippen LogP contribution in [-0.4, -0.2) is 59.7 Å². The van der Waals surface area contributed by atoms with Crippen molar-refractivity contribution in [2.45, 2.75) is 17.1 Å². The molecule has 2 atom stereocenters. The second kappa shape index (κ2) is 6.31. The number of sulfonamides is 1. The third kappa shape index (κ3) is 3.86. The summed E-state index contributed by atoms with van der Waals surface area (Å²) in [6, 6.07) is 7.25. The fourth-order valence-electron chi connectivity index (χ4n) is 1.96. The molecule has 1 aliphatic rings. The van der Waals surface area contributed by atoms with E-state index in [1.165, 1.54) is 11.8 Å². The number of rotatable bonds is 5. The number of β-amino-alcohol motifs (C(OH)–C–C–N with tert-alkyl or cyclic N) is 2. The Balaban J connectivity index is 1.87. The van der Waals surface area contributed by atoms with Gasteiger partial charge in [-0.15, -0.1) is 11.8 Å². The van der Waals surface area contributed by atoms with Crippen LogP contribution in [0.25, 0.3) is 0 Å². The number of aliphatic hydroxyl groups excluding tert-OH is 2. The lowest BCUT2D eigenvalue weighted by Crippen LogP contribution is -2.32. The van der Waals surface area contributed by atoms with Gasteiger partial charge in [0, 0.05) is 29.4 Å². The highest BCUT2D eigenvalue weighted by atomic mass is 32.2. The lowest BCUT2D eigenvalue weighted by Gasteiger charge is -2.15. The van der Waals surface area contributed by atoms with Crippen molar-refractivity contribution in [1.29, 1.82) is 0 Å². The van der Waals surface area contributed by atoms with Gasteiger partial charge in [0.15, 0.2) is 0 Å². The first-order chi connectivity index (χ1) is 9.38. The van der Waals surface area contributed by atoms with Gasteiger partial charge in [0.25, 0.3) is 0 Å². The molecule has 0 radical (unpaired) electrons. The fraction of sp³-hybridized carbons (Fsp3) is 0.500. The number of hydrogen-bond donors (Lipinski definition) is 3. The van der Waals surface area contributed by atoms with Crippen molar-refractivity contribution in [3.8, 4) is 0 Å². The Labute approximate surface area is 122 Å². The number of nitrogen functional groups attached to an aromatic ring is 1. The molecular formula is C12H18N2O4S2. The van der Waals surface area contributed by atoms with Gasteiger partial charge < -0.3 is 15.9 Å². The molecule has 1 aromatic rings. The summed E-state index contributed by atoms with van der Waals surface area (Å²) in [7, 11) is -3.44. The Hall–Kier alpha value is -0.800. The SMILES string of the molecule is Nc1cccc(SCCS(=O)(=O)N2C[C@@H](O)[C@@H](O)C2)c1. The minimum atomic E-state index is -3.44. The predicted molar refractivity (Wildman–Crippen MR) is 79.0 cm³/mol. The van der Waals surface area contributed by atoms with Crippen LogP contribution in [0.5, 0.6) is 0 Å². The molecule has 112 valence electrons. The Morgan fingerprint density at radius 1 is 1.30 bits per heavy atom. The molecule has 1 fully saturated rings. The summed E-state index contributed by atoms with van der Waals surface area (Å²) in [5.74, 6) is 0.361. The van der Waals surface area contributed by atoms with Crippen LogP contribution in [0.1, 0.15) is 0 Å². The van der Waals surface area contributed by atoms with E-state index in [4.69, 9.17) is 5.73 Å². The van der Waals surface area contributed by atoms with E-state index in [-0.39, 0.29) is 18.8 Å². The van der Waals surface area contributed by atoms with E-state index in [2.05, 4.69) is 0 Å². The van der Waals surface area contributed by atoms with Gasteiger partial charge in [0.05, 0.1) is 18.0 Å². The molecule has 20 heavy (non-hydrogen) atoms. The molecule has 8 heteroatoms. The first-order valence-electron chi connectivity index (χ1n) is 6.21. The average molecular weight is 318 g/mol. The first-order valence-corrected chi connectivity index (χ1v) is 8.80. The van der Waals surface area contributed by atoms with E-state index in [1.807, 2.05) is 12.1 Å². The van der Waals surface area contributed by atoms with Gasteiger partial charge in [-0.1, -0.05) is 6.07 Å².